The average Bonchev–Trinajstić information content (AvgIpc) is 2.30. The summed E-state index contributed by atoms with van der Waals surface area (Å²) in [4.78, 5) is 4.89. The SMILES string of the molecule is CN1CCC(NCC2CNCCN2C)CC1. The molecule has 0 spiro atoms. The quantitative estimate of drug-likeness (QED) is 0.684. The summed E-state index contributed by atoms with van der Waals surface area (Å²) in [5.41, 5.74) is 0. The molecule has 2 fully saturated rings. The number of hydrogen-bond donors (Lipinski definition) is 2. The van der Waals surface area contributed by atoms with Crippen LogP contribution in [0.25, 0.3) is 0 Å². The highest BCUT2D eigenvalue weighted by atomic mass is 15.2. The van der Waals surface area contributed by atoms with E-state index in [1.54, 1.807) is 0 Å². The van der Waals surface area contributed by atoms with Crippen LogP contribution in [0.1, 0.15) is 12.8 Å². The van der Waals surface area contributed by atoms with Gasteiger partial charge in [0.15, 0.2) is 0 Å². The van der Waals surface area contributed by atoms with Gasteiger partial charge in [0.05, 0.1) is 0 Å². The lowest BCUT2D eigenvalue weighted by atomic mass is 10.0. The minimum Gasteiger partial charge on any atom is -0.314 e. The maximum absolute atomic E-state index is 3.73. The molecule has 0 amide bonds. The number of nitrogens with zero attached hydrogens (tertiary/aromatic N) is 2. The lowest BCUT2D eigenvalue weighted by molar-refractivity contribution is 0.177. The Kier molecular flexibility index (Phi) is 4.58. The molecule has 4 heteroatoms. The number of likely N-dealkylation sites (tertiary alicyclic amines) is 1. The Hall–Kier alpha value is -0.160. The van der Waals surface area contributed by atoms with Gasteiger partial charge in [-0.2, -0.15) is 0 Å². The third-order valence-corrected chi connectivity index (χ3v) is 4.01. The van der Waals surface area contributed by atoms with Crippen molar-refractivity contribution in [2.45, 2.75) is 24.9 Å². The topological polar surface area (TPSA) is 30.5 Å². The zero-order valence-electron chi connectivity index (χ0n) is 10.7. The van der Waals surface area contributed by atoms with Gasteiger partial charge in [-0.15, -0.1) is 0 Å². The van der Waals surface area contributed by atoms with Crippen molar-refractivity contribution in [1.29, 1.82) is 0 Å². The molecule has 2 heterocycles. The van der Waals surface area contributed by atoms with Gasteiger partial charge in [0.1, 0.15) is 0 Å². The molecular weight excluding hydrogens is 200 g/mol. The minimum atomic E-state index is 0.674. The highest BCUT2D eigenvalue weighted by molar-refractivity contribution is 4.82. The fourth-order valence-corrected chi connectivity index (χ4v) is 2.61. The Morgan fingerprint density at radius 3 is 2.62 bits per heavy atom. The number of piperidine rings is 1. The first-order valence-electron chi connectivity index (χ1n) is 6.58. The Morgan fingerprint density at radius 1 is 1.19 bits per heavy atom. The van der Waals surface area contributed by atoms with E-state index in [0.29, 0.717) is 6.04 Å². The first-order chi connectivity index (χ1) is 7.75. The van der Waals surface area contributed by atoms with Crippen LogP contribution in [0.5, 0.6) is 0 Å². The second-order valence-electron chi connectivity index (χ2n) is 5.32. The summed E-state index contributed by atoms with van der Waals surface area (Å²) >= 11 is 0. The first-order valence-corrected chi connectivity index (χ1v) is 6.58. The molecule has 0 aromatic heterocycles. The second-order valence-corrected chi connectivity index (χ2v) is 5.32. The molecule has 1 atom stereocenters. The summed E-state index contributed by atoms with van der Waals surface area (Å²) in [5.74, 6) is 0. The first kappa shape index (κ1) is 12.3. The number of rotatable bonds is 3. The van der Waals surface area contributed by atoms with Crippen LogP contribution in [-0.2, 0) is 0 Å². The average molecular weight is 226 g/mol. The van der Waals surface area contributed by atoms with Gasteiger partial charge in [0, 0.05) is 38.3 Å². The molecule has 0 aliphatic carbocycles. The molecule has 0 bridgehead atoms. The molecule has 0 aromatic rings. The highest BCUT2D eigenvalue weighted by Gasteiger charge is 2.21. The number of piperazine rings is 1. The highest BCUT2D eigenvalue weighted by Crippen LogP contribution is 2.08. The van der Waals surface area contributed by atoms with Crippen LogP contribution in [0.4, 0.5) is 0 Å². The van der Waals surface area contributed by atoms with Gasteiger partial charge in [-0.25, -0.2) is 0 Å². The molecule has 16 heavy (non-hydrogen) atoms. The van der Waals surface area contributed by atoms with E-state index < -0.39 is 0 Å². The van der Waals surface area contributed by atoms with Crippen LogP contribution < -0.4 is 10.6 Å². The van der Waals surface area contributed by atoms with Gasteiger partial charge >= 0.3 is 0 Å². The predicted molar refractivity (Wildman–Crippen MR) is 67.8 cm³/mol. The van der Waals surface area contributed by atoms with Crippen molar-refractivity contribution in [3.05, 3.63) is 0 Å². The van der Waals surface area contributed by atoms with Crippen LogP contribution in [-0.4, -0.2) is 75.2 Å². The van der Waals surface area contributed by atoms with Crippen molar-refractivity contribution in [2.24, 2.45) is 0 Å². The van der Waals surface area contributed by atoms with Gasteiger partial charge < -0.3 is 15.5 Å². The van der Waals surface area contributed by atoms with Gasteiger partial charge in [-0.05, 0) is 40.0 Å². The molecule has 2 rings (SSSR count). The lowest BCUT2D eigenvalue weighted by Gasteiger charge is -2.36. The smallest absolute Gasteiger partial charge is 0.0342 e. The summed E-state index contributed by atoms with van der Waals surface area (Å²) in [6.07, 6.45) is 2.61. The Morgan fingerprint density at radius 2 is 1.94 bits per heavy atom. The van der Waals surface area contributed by atoms with E-state index in [-0.39, 0.29) is 0 Å². The number of nitrogens with one attached hydrogen (secondary N) is 2. The summed E-state index contributed by atoms with van der Waals surface area (Å²) in [6.45, 7) is 7.09. The largest absolute Gasteiger partial charge is 0.314 e. The maximum atomic E-state index is 3.73. The van der Waals surface area contributed by atoms with E-state index in [1.807, 2.05) is 0 Å². The monoisotopic (exact) mass is 226 g/mol. The van der Waals surface area contributed by atoms with Crippen LogP contribution in [0.15, 0.2) is 0 Å². The van der Waals surface area contributed by atoms with Crippen molar-refractivity contribution in [1.82, 2.24) is 20.4 Å². The summed E-state index contributed by atoms with van der Waals surface area (Å²) in [6, 6.07) is 1.42. The zero-order chi connectivity index (χ0) is 11.4. The second kappa shape index (κ2) is 5.96. The van der Waals surface area contributed by atoms with E-state index in [0.717, 1.165) is 25.7 Å². The van der Waals surface area contributed by atoms with Gasteiger partial charge in [0.25, 0.3) is 0 Å². The van der Waals surface area contributed by atoms with E-state index in [1.165, 1.54) is 32.5 Å². The Labute approximate surface area is 99.4 Å². The van der Waals surface area contributed by atoms with Crippen LogP contribution in [0, 0.1) is 0 Å². The van der Waals surface area contributed by atoms with E-state index in [4.69, 9.17) is 0 Å². The third-order valence-electron chi connectivity index (χ3n) is 4.01. The van der Waals surface area contributed by atoms with E-state index in [2.05, 4.69) is 34.5 Å². The normalized spacial score (nSPS) is 30.8. The summed E-state index contributed by atoms with van der Waals surface area (Å²) in [5, 5.41) is 7.20. The maximum Gasteiger partial charge on any atom is 0.0342 e. The molecule has 0 aromatic carbocycles. The van der Waals surface area contributed by atoms with Crippen molar-refractivity contribution >= 4 is 0 Å². The number of hydrogen-bond acceptors (Lipinski definition) is 4. The van der Waals surface area contributed by atoms with Crippen molar-refractivity contribution in [3.63, 3.8) is 0 Å². The summed E-state index contributed by atoms with van der Waals surface area (Å²) in [7, 11) is 4.46. The van der Waals surface area contributed by atoms with Crippen LogP contribution in [0.3, 0.4) is 0 Å². The standard InChI is InChI=1S/C12H26N4/c1-15-6-3-11(4-7-15)14-10-12-9-13-5-8-16(12)2/h11-14H,3-10H2,1-2H3. The molecule has 0 radical (unpaired) electrons. The van der Waals surface area contributed by atoms with Crippen molar-refractivity contribution in [3.8, 4) is 0 Å². The summed E-state index contributed by atoms with van der Waals surface area (Å²) < 4.78 is 0. The Bertz CT molecular complexity index is 201. The molecule has 94 valence electrons. The number of likely N-dealkylation sites (N-methyl/N-ethyl adjacent to an activating group) is 1. The zero-order valence-corrected chi connectivity index (χ0v) is 10.7. The van der Waals surface area contributed by atoms with E-state index in [9.17, 15) is 0 Å². The van der Waals surface area contributed by atoms with Crippen LogP contribution in [0.2, 0.25) is 0 Å². The molecule has 1 unspecified atom stereocenters. The fraction of sp³-hybridized carbons (Fsp3) is 1.00. The molecular formula is C12H26N4. The van der Waals surface area contributed by atoms with Gasteiger partial charge in [-0.1, -0.05) is 0 Å². The van der Waals surface area contributed by atoms with Crippen molar-refractivity contribution in [2.75, 3.05) is 53.4 Å². The molecule has 2 N–H and O–H groups in total. The molecule has 4 nitrogen and oxygen atoms in total. The van der Waals surface area contributed by atoms with Gasteiger partial charge in [-0.3, -0.25) is 4.90 Å². The van der Waals surface area contributed by atoms with Crippen LogP contribution >= 0.6 is 0 Å². The third kappa shape index (κ3) is 3.42. The molecule has 2 saturated heterocycles. The molecule has 2 aliphatic rings. The molecule has 2 aliphatic heterocycles. The predicted octanol–water partition coefficient (Wildman–Crippen LogP) is -0.426. The van der Waals surface area contributed by atoms with Crippen molar-refractivity contribution < 1.29 is 0 Å². The fourth-order valence-electron chi connectivity index (χ4n) is 2.61. The van der Waals surface area contributed by atoms with Gasteiger partial charge in [0.2, 0.25) is 0 Å². The molecule has 0 saturated carbocycles. The lowest BCUT2D eigenvalue weighted by Crippen LogP contribution is -2.55. The minimum absolute atomic E-state index is 0.674. The van der Waals surface area contributed by atoms with E-state index >= 15 is 0 Å². The Balaban J connectivity index is 1.66.